The van der Waals surface area contributed by atoms with Crippen LogP contribution in [0.25, 0.3) is 0 Å². The molecule has 0 atom stereocenters. The highest BCUT2D eigenvalue weighted by molar-refractivity contribution is 5.92. The zero-order chi connectivity index (χ0) is 17.4. The minimum Gasteiger partial charge on any atom is -0.385 e. The molecular formula is C19H28N2O3. The summed E-state index contributed by atoms with van der Waals surface area (Å²) in [7, 11) is 1.66. The van der Waals surface area contributed by atoms with E-state index < -0.39 is 0 Å². The number of ether oxygens (including phenoxy) is 1. The van der Waals surface area contributed by atoms with Crippen molar-refractivity contribution in [2.75, 3.05) is 25.6 Å². The average Bonchev–Trinajstić information content (AvgIpc) is 2.60. The summed E-state index contributed by atoms with van der Waals surface area (Å²) in [6.45, 7) is 3.33. The maximum atomic E-state index is 12.3. The molecule has 1 aliphatic rings. The van der Waals surface area contributed by atoms with Crippen molar-refractivity contribution in [2.24, 2.45) is 11.8 Å². The van der Waals surface area contributed by atoms with Gasteiger partial charge in [0, 0.05) is 37.8 Å². The van der Waals surface area contributed by atoms with Gasteiger partial charge in [0.15, 0.2) is 0 Å². The topological polar surface area (TPSA) is 67.4 Å². The first kappa shape index (κ1) is 18.5. The quantitative estimate of drug-likeness (QED) is 0.755. The summed E-state index contributed by atoms with van der Waals surface area (Å²) in [6, 6.07) is 7.82. The van der Waals surface area contributed by atoms with Crippen molar-refractivity contribution >= 4 is 17.5 Å². The number of hydrogen-bond donors (Lipinski definition) is 2. The Bertz CT molecular complexity index is 534. The van der Waals surface area contributed by atoms with Crippen LogP contribution in [0.15, 0.2) is 24.3 Å². The second kappa shape index (κ2) is 9.42. The zero-order valence-corrected chi connectivity index (χ0v) is 14.6. The Kier molecular flexibility index (Phi) is 7.25. The SMILES string of the molecule is COCCCNC(=O)C1CCC(C(=O)Nc2ccc(C)cc2)CC1. The number of rotatable bonds is 7. The molecule has 0 bridgehead atoms. The van der Waals surface area contributed by atoms with Crippen molar-refractivity contribution in [3.63, 3.8) is 0 Å². The summed E-state index contributed by atoms with van der Waals surface area (Å²) in [5.41, 5.74) is 2.01. The molecule has 0 aromatic heterocycles. The molecule has 0 heterocycles. The highest BCUT2D eigenvalue weighted by Crippen LogP contribution is 2.29. The Hall–Kier alpha value is -1.88. The molecule has 1 aromatic rings. The van der Waals surface area contributed by atoms with Gasteiger partial charge in [0.1, 0.15) is 0 Å². The summed E-state index contributed by atoms with van der Waals surface area (Å²) in [4.78, 5) is 24.5. The fourth-order valence-corrected chi connectivity index (χ4v) is 3.07. The van der Waals surface area contributed by atoms with Gasteiger partial charge in [0.05, 0.1) is 0 Å². The van der Waals surface area contributed by atoms with Crippen LogP contribution >= 0.6 is 0 Å². The summed E-state index contributed by atoms with van der Waals surface area (Å²) < 4.78 is 4.97. The fourth-order valence-electron chi connectivity index (χ4n) is 3.07. The Morgan fingerprint density at radius 1 is 1.04 bits per heavy atom. The van der Waals surface area contributed by atoms with Crippen LogP contribution in [0.2, 0.25) is 0 Å². The molecule has 132 valence electrons. The van der Waals surface area contributed by atoms with Gasteiger partial charge in [-0.1, -0.05) is 17.7 Å². The summed E-state index contributed by atoms with van der Waals surface area (Å²) in [6.07, 6.45) is 3.93. The van der Waals surface area contributed by atoms with E-state index in [0.29, 0.717) is 13.2 Å². The molecule has 0 unspecified atom stereocenters. The first-order valence-corrected chi connectivity index (χ1v) is 8.74. The van der Waals surface area contributed by atoms with Crippen molar-refractivity contribution in [1.29, 1.82) is 0 Å². The average molecular weight is 332 g/mol. The lowest BCUT2D eigenvalue weighted by molar-refractivity contribution is -0.128. The monoisotopic (exact) mass is 332 g/mol. The molecule has 1 aromatic carbocycles. The maximum absolute atomic E-state index is 12.3. The van der Waals surface area contributed by atoms with Crippen LogP contribution in [-0.2, 0) is 14.3 Å². The molecule has 2 N–H and O–H groups in total. The number of anilines is 1. The van der Waals surface area contributed by atoms with E-state index in [9.17, 15) is 9.59 Å². The highest BCUT2D eigenvalue weighted by atomic mass is 16.5. The van der Waals surface area contributed by atoms with Crippen molar-refractivity contribution in [3.8, 4) is 0 Å². The molecule has 2 amide bonds. The van der Waals surface area contributed by atoms with Gasteiger partial charge in [-0.25, -0.2) is 0 Å². The second-order valence-corrected chi connectivity index (χ2v) is 6.54. The third-order valence-electron chi connectivity index (χ3n) is 4.61. The molecule has 24 heavy (non-hydrogen) atoms. The normalized spacial score (nSPS) is 20.4. The van der Waals surface area contributed by atoms with E-state index in [1.807, 2.05) is 31.2 Å². The standard InChI is InChI=1S/C19H28N2O3/c1-14-4-10-17(11-5-14)21-19(23)16-8-6-15(7-9-16)18(22)20-12-3-13-24-2/h4-5,10-11,15-16H,3,6-9,12-13H2,1-2H3,(H,20,22)(H,21,23). The van der Waals surface area contributed by atoms with Crippen molar-refractivity contribution in [2.45, 2.75) is 39.0 Å². The van der Waals surface area contributed by atoms with E-state index in [-0.39, 0.29) is 23.7 Å². The second-order valence-electron chi connectivity index (χ2n) is 6.54. The van der Waals surface area contributed by atoms with Crippen molar-refractivity contribution in [3.05, 3.63) is 29.8 Å². The van der Waals surface area contributed by atoms with Gasteiger partial charge in [-0.15, -0.1) is 0 Å². The van der Waals surface area contributed by atoms with Gasteiger partial charge in [-0.3, -0.25) is 9.59 Å². The van der Waals surface area contributed by atoms with Crippen molar-refractivity contribution in [1.82, 2.24) is 5.32 Å². The van der Waals surface area contributed by atoms with E-state index in [1.165, 1.54) is 5.56 Å². The van der Waals surface area contributed by atoms with E-state index in [2.05, 4.69) is 10.6 Å². The number of amides is 2. The van der Waals surface area contributed by atoms with Gasteiger partial charge in [0.25, 0.3) is 0 Å². The van der Waals surface area contributed by atoms with E-state index in [4.69, 9.17) is 4.74 Å². The van der Waals surface area contributed by atoms with Crippen molar-refractivity contribution < 1.29 is 14.3 Å². The molecular weight excluding hydrogens is 304 g/mol. The smallest absolute Gasteiger partial charge is 0.227 e. The minimum absolute atomic E-state index is 0.00356. The van der Waals surface area contributed by atoms with E-state index in [1.54, 1.807) is 7.11 Å². The minimum atomic E-state index is 0.00356. The fraction of sp³-hybridized carbons (Fsp3) is 0.579. The molecule has 1 aliphatic carbocycles. The maximum Gasteiger partial charge on any atom is 0.227 e. The molecule has 0 spiro atoms. The predicted octanol–water partition coefficient (Wildman–Crippen LogP) is 2.89. The van der Waals surface area contributed by atoms with Crippen LogP contribution < -0.4 is 10.6 Å². The molecule has 5 nitrogen and oxygen atoms in total. The Labute approximate surface area is 144 Å². The summed E-state index contributed by atoms with van der Waals surface area (Å²) in [5.74, 6) is 0.223. The van der Waals surface area contributed by atoms with Crippen LogP contribution in [0.5, 0.6) is 0 Å². The molecule has 5 heteroatoms. The number of hydrogen-bond acceptors (Lipinski definition) is 3. The molecule has 2 rings (SSSR count). The number of methoxy groups -OCH3 is 1. The lowest BCUT2D eigenvalue weighted by Crippen LogP contribution is -2.36. The van der Waals surface area contributed by atoms with Crippen LogP contribution in [0.1, 0.15) is 37.7 Å². The summed E-state index contributed by atoms with van der Waals surface area (Å²) >= 11 is 0. The lowest BCUT2D eigenvalue weighted by atomic mass is 9.81. The number of carbonyl (C=O) groups excluding carboxylic acids is 2. The number of carbonyl (C=O) groups is 2. The van der Waals surface area contributed by atoms with Gasteiger partial charge in [-0.05, 0) is 51.2 Å². The summed E-state index contributed by atoms with van der Waals surface area (Å²) in [5, 5.41) is 5.93. The molecule has 1 saturated carbocycles. The van der Waals surface area contributed by atoms with Crippen LogP contribution in [0.3, 0.4) is 0 Å². The Balaban J connectivity index is 1.72. The first-order valence-electron chi connectivity index (χ1n) is 8.74. The van der Waals surface area contributed by atoms with Gasteiger partial charge < -0.3 is 15.4 Å². The third-order valence-corrected chi connectivity index (χ3v) is 4.61. The highest BCUT2D eigenvalue weighted by Gasteiger charge is 2.29. The largest absolute Gasteiger partial charge is 0.385 e. The third kappa shape index (κ3) is 5.64. The van der Waals surface area contributed by atoms with E-state index in [0.717, 1.165) is 37.8 Å². The van der Waals surface area contributed by atoms with Crippen LogP contribution in [0, 0.1) is 18.8 Å². The molecule has 0 saturated heterocycles. The molecule has 0 radical (unpaired) electrons. The van der Waals surface area contributed by atoms with Crippen LogP contribution in [0.4, 0.5) is 5.69 Å². The molecule has 0 aliphatic heterocycles. The first-order chi connectivity index (χ1) is 11.6. The lowest BCUT2D eigenvalue weighted by Gasteiger charge is -2.27. The zero-order valence-electron chi connectivity index (χ0n) is 14.6. The predicted molar refractivity (Wildman–Crippen MR) is 94.8 cm³/mol. The van der Waals surface area contributed by atoms with Gasteiger partial charge in [0.2, 0.25) is 11.8 Å². The van der Waals surface area contributed by atoms with Crippen LogP contribution in [-0.4, -0.2) is 32.1 Å². The number of nitrogens with one attached hydrogen (secondary N) is 2. The Morgan fingerprint density at radius 2 is 1.62 bits per heavy atom. The van der Waals surface area contributed by atoms with Gasteiger partial charge in [-0.2, -0.15) is 0 Å². The Morgan fingerprint density at radius 3 is 2.21 bits per heavy atom. The number of aryl methyl sites for hydroxylation is 1. The van der Waals surface area contributed by atoms with Gasteiger partial charge >= 0.3 is 0 Å². The van der Waals surface area contributed by atoms with E-state index >= 15 is 0 Å². The molecule has 1 fully saturated rings. The number of benzene rings is 1.